The zero-order chi connectivity index (χ0) is 11.7. The number of aryl methyl sites for hydroxylation is 2. The molecule has 0 amide bonds. The van der Waals surface area contributed by atoms with Crippen LogP contribution in [0.25, 0.3) is 10.9 Å². The van der Waals surface area contributed by atoms with E-state index in [4.69, 9.17) is 4.74 Å². The summed E-state index contributed by atoms with van der Waals surface area (Å²) in [6, 6.07) is 5.76. The summed E-state index contributed by atoms with van der Waals surface area (Å²) in [5, 5.41) is 1.07. The fourth-order valence-electron chi connectivity index (χ4n) is 2.01. The van der Waals surface area contributed by atoms with Gasteiger partial charge in [-0.2, -0.15) is 0 Å². The first-order chi connectivity index (χ1) is 7.63. The summed E-state index contributed by atoms with van der Waals surface area (Å²) in [6.07, 6.45) is 1.99. The van der Waals surface area contributed by atoms with Crippen molar-refractivity contribution in [2.75, 3.05) is 6.61 Å². The molecular formula is C13H15NO2. The molecule has 0 aliphatic heterocycles. The zero-order valence-corrected chi connectivity index (χ0v) is 9.78. The van der Waals surface area contributed by atoms with Gasteiger partial charge in [0, 0.05) is 18.6 Å². The number of hydrogen-bond acceptors (Lipinski definition) is 2. The maximum atomic E-state index is 11.6. The molecule has 1 aromatic carbocycles. The van der Waals surface area contributed by atoms with Gasteiger partial charge in [0.2, 0.25) is 0 Å². The summed E-state index contributed by atoms with van der Waals surface area (Å²) in [4.78, 5) is 11.6. The SMILES string of the molecule is CCOC(=O)c1cc(C)c2c(ccn2C)c1. The Balaban J connectivity index is 2.54. The Hall–Kier alpha value is -1.77. The zero-order valence-electron chi connectivity index (χ0n) is 9.78. The van der Waals surface area contributed by atoms with E-state index in [9.17, 15) is 4.79 Å². The molecule has 2 rings (SSSR count). The van der Waals surface area contributed by atoms with Crippen molar-refractivity contribution in [3.05, 3.63) is 35.5 Å². The number of nitrogens with zero attached hydrogens (tertiary/aromatic N) is 1. The van der Waals surface area contributed by atoms with Crippen LogP contribution in [0.2, 0.25) is 0 Å². The van der Waals surface area contributed by atoms with E-state index in [1.165, 1.54) is 0 Å². The lowest BCUT2D eigenvalue weighted by Gasteiger charge is -2.05. The predicted octanol–water partition coefficient (Wildman–Crippen LogP) is 2.66. The number of esters is 1. The number of ether oxygens (including phenoxy) is 1. The molecule has 0 radical (unpaired) electrons. The molecule has 2 aromatic rings. The molecule has 84 valence electrons. The van der Waals surface area contributed by atoms with Crippen LogP contribution < -0.4 is 0 Å². The lowest BCUT2D eigenvalue weighted by atomic mass is 10.1. The summed E-state index contributed by atoms with van der Waals surface area (Å²) >= 11 is 0. The van der Waals surface area contributed by atoms with Crippen LogP contribution in [-0.4, -0.2) is 17.1 Å². The molecule has 0 spiro atoms. The third kappa shape index (κ3) is 1.69. The van der Waals surface area contributed by atoms with Gasteiger partial charge in [0.05, 0.1) is 17.7 Å². The van der Waals surface area contributed by atoms with Crippen molar-refractivity contribution in [1.29, 1.82) is 0 Å². The highest BCUT2D eigenvalue weighted by Crippen LogP contribution is 2.21. The minimum atomic E-state index is -0.253. The molecule has 0 aliphatic carbocycles. The quantitative estimate of drug-likeness (QED) is 0.724. The summed E-state index contributed by atoms with van der Waals surface area (Å²) in [5.41, 5.74) is 2.87. The Morgan fingerprint density at radius 1 is 1.44 bits per heavy atom. The number of carbonyl (C=O) groups excluding carboxylic acids is 1. The number of rotatable bonds is 2. The van der Waals surface area contributed by atoms with Crippen LogP contribution >= 0.6 is 0 Å². The fourth-order valence-corrected chi connectivity index (χ4v) is 2.01. The second kappa shape index (κ2) is 4.00. The molecule has 0 saturated heterocycles. The standard InChI is InChI=1S/C13H15NO2/c1-4-16-13(15)11-7-9(2)12-10(8-11)5-6-14(12)3/h5-8H,4H2,1-3H3. The van der Waals surface area contributed by atoms with Gasteiger partial charge in [-0.3, -0.25) is 0 Å². The molecule has 3 heteroatoms. The van der Waals surface area contributed by atoms with E-state index < -0.39 is 0 Å². The summed E-state index contributed by atoms with van der Waals surface area (Å²) in [6.45, 7) is 4.22. The van der Waals surface area contributed by atoms with Gasteiger partial charge in [-0.25, -0.2) is 4.79 Å². The maximum absolute atomic E-state index is 11.6. The number of hydrogen-bond donors (Lipinski definition) is 0. The smallest absolute Gasteiger partial charge is 0.338 e. The highest BCUT2D eigenvalue weighted by atomic mass is 16.5. The largest absolute Gasteiger partial charge is 0.462 e. The lowest BCUT2D eigenvalue weighted by Crippen LogP contribution is -2.05. The first kappa shape index (κ1) is 10.7. The molecule has 0 atom stereocenters. The lowest BCUT2D eigenvalue weighted by molar-refractivity contribution is 0.0526. The molecule has 0 fully saturated rings. The highest BCUT2D eigenvalue weighted by Gasteiger charge is 2.10. The average Bonchev–Trinajstić information content (AvgIpc) is 2.61. The molecular weight excluding hydrogens is 202 g/mol. The summed E-state index contributed by atoms with van der Waals surface area (Å²) in [5.74, 6) is -0.253. The average molecular weight is 217 g/mol. The van der Waals surface area contributed by atoms with Crippen LogP contribution in [0.1, 0.15) is 22.8 Å². The van der Waals surface area contributed by atoms with E-state index in [-0.39, 0.29) is 5.97 Å². The van der Waals surface area contributed by atoms with Gasteiger partial charge >= 0.3 is 5.97 Å². The Morgan fingerprint density at radius 2 is 2.19 bits per heavy atom. The first-order valence-electron chi connectivity index (χ1n) is 5.36. The fraction of sp³-hybridized carbons (Fsp3) is 0.308. The van der Waals surface area contributed by atoms with E-state index in [1.54, 1.807) is 0 Å². The molecule has 1 aromatic heterocycles. The van der Waals surface area contributed by atoms with Crippen molar-refractivity contribution in [1.82, 2.24) is 4.57 Å². The predicted molar refractivity (Wildman–Crippen MR) is 63.6 cm³/mol. The monoisotopic (exact) mass is 217 g/mol. The topological polar surface area (TPSA) is 31.2 Å². The number of aromatic nitrogens is 1. The van der Waals surface area contributed by atoms with E-state index in [0.717, 1.165) is 16.5 Å². The highest BCUT2D eigenvalue weighted by molar-refractivity contribution is 5.96. The molecule has 0 N–H and O–H groups in total. The second-order valence-electron chi connectivity index (χ2n) is 3.88. The van der Waals surface area contributed by atoms with Gasteiger partial charge in [0.25, 0.3) is 0 Å². The van der Waals surface area contributed by atoms with Gasteiger partial charge in [0.1, 0.15) is 0 Å². The van der Waals surface area contributed by atoms with Crippen LogP contribution in [0.5, 0.6) is 0 Å². The summed E-state index contributed by atoms with van der Waals surface area (Å²) in [7, 11) is 2.00. The second-order valence-corrected chi connectivity index (χ2v) is 3.88. The number of carbonyl (C=O) groups is 1. The minimum absolute atomic E-state index is 0.253. The van der Waals surface area contributed by atoms with Crippen molar-refractivity contribution in [3.63, 3.8) is 0 Å². The first-order valence-corrected chi connectivity index (χ1v) is 5.36. The van der Waals surface area contributed by atoms with Crippen molar-refractivity contribution < 1.29 is 9.53 Å². The van der Waals surface area contributed by atoms with Gasteiger partial charge < -0.3 is 9.30 Å². The van der Waals surface area contributed by atoms with Crippen LogP contribution in [0.4, 0.5) is 0 Å². The Kier molecular flexibility index (Phi) is 2.69. The van der Waals surface area contributed by atoms with Crippen LogP contribution in [0, 0.1) is 6.92 Å². The number of fused-ring (bicyclic) bond motifs is 1. The Labute approximate surface area is 94.6 Å². The Bertz CT molecular complexity index is 540. The molecule has 0 aliphatic rings. The molecule has 16 heavy (non-hydrogen) atoms. The van der Waals surface area contributed by atoms with Crippen LogP contribution in [0.3, 0.4) is 0 Å². The molecule has 1 heterocycles. The van der Waals surface area contributed by atoms with Crippen LogP contribution in [-0.2, 0) is 11.8 Å². The molecule has 0 bridgehead atoms. The van der Waals surface area contributed by atoms with E-state index in [1.807, 2.05) is 45.3 Å². The molecule has 0 saturated carbocycles. The van der Waals surface area contributed by atoms with Crippen molar-refractivity contribution in [2.45, 2.75) is 13.8 Å². The summed E-state index contributed by atoms with van der Waals surface area (Å²) < 4.78 is 7.05. The van der Waals surface area contributed by atoms with Gasteiger partial charge in [0.15, 0.2) is 0 Å². The van der Waals surface area contributed by atoms with Crippen molar-refractivity contribution in [3.8, 4) is 0 Å². The third-order valence-electron chi connectivity index (χ3n) is 2.67. The maximum Gasteiger partial charge on any atom is 0.338 e. The van der Waals surface area contributed by atoms with Crippen molar-refractivity contribution in [2.24, 2.45) is 7.05 Å². The van der Waals surface area contributed by atoms with E-state index >= 15 is 0 Å². The van der Waals surface area contributed by atoms with Gasteiger partial charge in [-0.1, -0.05) is 0 Å². The minimum Gasteiger partial charge on any atom is -0.462 e. The molecule has 3 nitrogen and oxygen atoms in total. The number of benzene rings is 1. The van der Waals surface area contributed by atoms with Gasteiger partial charge in [-0.15, -0.1) is 0 Å². The third-order valence-corrected chi connectivity index (χ3v) is 2.67. The van der Waals surface area contributed by atoms with Gasteiger partial charge in [-0.05, 0) is 37.6 Å². The van der Waals surface area contributed by atoms with E-state index in [0.29, 0.717) is 12.2 Å². The van der Waals surface area contributed by atoms with Crippen LogP contribution in [0.15, 0.2) is 24.4 Å². The van der Waals surface area contributed by atoms with E-state index in [2.05, 4.69) is 4.57 Å². The Morgan fingerprint density at radius 3 is 2.88 bits per heavy atom. The normalized spacial score (nSPS) is 10.7. The molecule has 0 unspecified atom stereocenters. The van der Waals surface area contributed by atoms with Crippen molar-refractivity contribution >= 4 is 16.9 Å².